The minimum absolute atomic E-state index is 0.510. The molecule has 0 spiro atoms. The number of fused-ring (bicyclic) bond motifs is 1. The number of thiocarbonyl (C=S) groups is 1. The van der Waals surface area contributed by atoms with E-state index in [2.05, 4.69) is 10.2 Å². The van der Waals surface area contributed by atoms with Crippen molar-refractivity contribution in [1.82, 2.24) is 10.2 Å². The van der Waals surface area contributed by atoms with Gasteiger partial charge in [-0.1, -0.05) is 0 Å². The van der Waals surface area contributed by atoms with Gasteiger partial charge in [-0.3, -0.25) is 0 Å². The van der Waals surface area contributed by atoms with Crippen LogP contribution in [0.15, 0.2) is 0 Å². The Bertz CT molecular complexity index is 210. The van der Waals surface area contributed by atoms with Gasteiger partial charge in [-0.2, -0.15) is 0 Å². The first-order chi connectivity index (χ1) is 6.31. The molecule has 2 rings (SSSR count). The average Bonchev–Trinajstić information content (AvgIpc) is 2.63. The molecule has 0 aliphatic carbocycles. The number of ether oxygens (including phenoxy) is 1. The molecule has 4 heteroatoms. The van der Waals surface area contributed by atoms with Gasteiger partial charge in [0.25, 0.3) is 0 Å². The summed E-state index contributed by atoms with van der Waals surface area (Å²) < 4.78 is 5.63. The summed E-state index contributed by atoms with van der Waals surface area (Å²) in [5.74, 6) is 0.708. The van der Waals surface area contributed by atoms with Crippen molar-refractivity contribution in [2.24, 2.45) is 5.92 Å². The molecule has 2 heterocycles. The molecule has 0 saturated carbocycles. The minimum atomic E-state index is 0.510. The van der Waals surface area contributed by atoms with Crippen LogP contribution in [0.25, 0.3) is 0 Å². The maximum atomic E-state index is 5.63. The van der Waals surface area contributed by atoms with Gasteiger partial charge in [0.2, 0.25) is 0 Å². The van der Waals surface area contributed by atoms with Crippen LogP contribution in [-0.4, -0.2) is 42.9 Å². The molecule has 74 valence electrons. The average molecular weight is 200 g/mol. The Hall–Kier alpha value is -0.350. The summed E-state index contributed by atoms with van der Waals surface area (Å²) in [6.07, 6.45) is 2.84. The van der Waals surface area contributed by atoms with Gasteiger partial charge in [0.15, 0.2) is 5.11 Å². The predicted molar refractivity (Wildman–Crippen MR) is 55.7 cm³/mol. The topological polar surface area (TPSA) is 24.5 Å². The van der Waals surface area contributed by atoms with Crippen LogP contribution in [0.3, 0.4) is 0 Å². The second-order valence-electron chi connectivity index (χ2n) is 3.75. The highest BCUT2D eigenvalue weighted by molar-refractivity contribution is 7.80. The molecular formula is C9H16N2OS. The zero-order valence-corrected chi connectivity index (χ0v) is 8.77. The lowest BCUT2D eigenvalue weighted by atomic mass is 9.95. The third-order valence-electron chi connectivity index (χ3n) is 2.99. The van der Waals surface area contributed by atoms with Crippen LogP contribution in [-0.2, 0) is 4.74 Å². The van der Waals surface area contributed by atoms with Crippen LogP contribution >= 0.6 is 12.2 Å². The quantitative estimate of drug-likeness (QED) is 0.579. The van der Waals surface area contributed by atoms with Crippen molar-refractivity contribution < 1.29 is 4.74 Å². The van der Waals surface area contributed by atoms with Gasteiger partial charge >= 0.3 is 0 Å². The summed E-state index contributed by atoms with van der Waals surface area (Å²) in [4.78, 5) is 2.26. The van der Waals surface area contributed by atoms with Gasteiger partial charge in [0.05, 0.1) is 6.10 Å². The van der Waals surface area contributed by atoms with Crippen LogP contribution in [0.5, 0.6) is 0 Å². The first-order valence-corrected chi connectivity index (χ1v) is 5.30. The van der Waals surface area contributed by atoms with Crippen molar-refractivity contribution in [2.75, 3.05) is 26.7 Å². The van der Waals surface area contributed by atoms with E-state index in [1.165, 1.54) is 6.42 Å². The Morgan fingerprint density at radius 3 is 3.15 bits per heavy atom. The fourth-order valence-electron chi connectivity index (χ4n) is 2.22. The van der Waals surface area contributed by atoms with Gasteiger partial charge in [-0.15, -0.1) is 0 Å². The second-order valence-corrected chi connectivity index (χ2v) is 4.13. The Morgan fingerprint density at radius 1 is 1.54 bits per heavy atom. The monoisotopic (exact) mass is 200 g/mol. The number of likely N-dealkylation sites (tertiary alicyclic amines) is 1. The third-order valence-corrected chi connectivity index (χ3v) is 3.45. The van der Waals surface area contributed by atoms with Crippen molar-refractivity contribution in [3.63, 3.8) is 0 Å². The van der Waals surface area contributed by atoms with Gasteiger partial charge in [-0.25, -0.2) is 0 Å². The largest absolute Gasteiger partial charge is 0.378 e. The molecule has 2 aliphatic heterocycles. The van der Waals surface area contributed by atoms with Crippen LogP contribution in [0.2, 0.25) is 0 Å². The molecule has 0 bridgehead atoms. The lowest BCUT2D eigenvalue weighted by molar-refractivity contribution is 0.0527. The third kappa shape index (κ3) is 1.79. The van der Waals surface area contributed by atoms with E-state index in [0.717, 1.165) is 31.2 Å². The molecule has 2 saturated heterocycles. The van der Waals surface area contributed by atoms with Crippen molar-refractivity contribution in [3.8, 4) is 0 Å². The Kier molecular flexibility index (Phi) is 2.69. The summed E-state index contributed by atoms with van der Waals surface area (Å²) in [7, 11) is 1.89. The highest BCUT2D eigenvalue weighted by Crippen LogP contribution is 2.28. The SMILES string of the molecule is CNC(=S)N1CC[C@H]2OCC[C@H]2C1. The highest BCUT2D eigenvalue weighted by Gasteiger charge is 2.34. The Morgan fingerprint density at radius 2 is 2.38 bits per heavy atom. The maximum absolute atomic E-state index is 5.63. The fourth-order valence-corrected chi connectivity index (χ4v) is 2.39. The molecule has 13 heavy (non-hydrogen) atoms. The normalized spacial score (nSPS) is 32.8. The second kappa shape index (κ2) is 3.80. The van der Waals surface area contributed by atoms with Crippen molar-refractivity contribution in [3.05, 3.63) is 0 Å². The van der Waals surface area contributed by atoms with Crippen molar-refractivity contribution in [2.45, 2.75) is 18.9 Å². The minimum Gasteiger partial charge on any atom is -0.378 e. The highest BCUT2D eigenvalue weighted by atomic mass is 32.1. The number of nitrogens with zero attached hydrogens (tertiary/aromatic N) is 1. The molecule has 2 aliphatic rings. The number of nitrogens with one attached hydrogen (secondary N) is 1. The van der Waals surface area contributed by atoms with E-state index < -0.39 is 0 Å². The van der Waals surface area contributed by atoms with Gasteiger partial charge < -0.3 is 15.0 Å². The zero-order valence-electron chi connectivity index (χ0n) is 7.95. The smallest absolute Gasteiger partial charge is 0.168 e. The van der Waals surface area contributed by atoms with E-state index in [9.17, 15) is 0 Å². The molecule has 0 aromatic heterocycles. The maximum Gasteiger partial charge on any atom is 0.168 e. The van der Waals surface area contributed by atoms with Crippen molar-refractivity contribution >= 4 is 17.3 Å². The number of piperidine rings is 1. The van der Waals surface area contributed by atoms with E-state index in [1.807, 2.05) is 7.05 Å². The summed E-state index contributed by atoms with van der Waals surface area (Å²) in [6.45, 7) is 3.06. The summed E-state index contributed by atoms with van der Waals surface area (Å²) in [5, 5.41) is 3.91. The Balaban J connectivity index is 1.93. The van der Waals surface area contributed by atoms with E-state index in [4.69, 9.17) is 17.0 Å². The van der Waals surface area contributed by atoms with E-state index in [0.29, 0.717) is 12.0 Å². The lowest BCUT2D eigenvalue weighted by Gasteiger charge is -2.35. The first-order valence-electron chi connectivity index (χ1n) is 4.89. The van der Waals surface area contributed by atoms with Crippen LogP contribution < -0.4 is 5.32 Å². The van der Waals surface area contributed by atoms with Crippen molar-refractivity contribution in [1.29, 1.82) is 0 Å². The summed E-state index contributed by atoms with van der Waals surface area (Å²) >= 11 is 5.21. The number of hydrogen-bond acceptors (Lipinski definition) is 2. The van der Waals surface area contributed by atoms with E-state index in [-0.39, 0.29) is 0 Å². The number of rotatable bonds is 0. The predicted octanol–water partition coefficient (Wildman–Crippen LogP) is 0.601. The first kappa shape index (κ1) is 9.21. The van der Waals surface area contributed by atoms with E-state index in [1.54, 1.807) is 0 Å². The molecule has 2 atom stereocenters. The van der Waals surface area contributed by atoms with Crippen LogP contribution in [0, 0.1) is 5.92 Å². The van der Waals surface area contributed by atoms with Gasteiger partial charge in [0, 0.05) is 32.7 Å². The van der Waals surface area contributed by atoms with E-state index >= 15 is 0 Å². The molecule has 0 aromatic rings. The van der Waals surface area contributed by atoms with Gasteiger partial charge in [0.1, 0.15) is 0 Å². The fraction of sp³-hybridized carbons (Fsp3) is 0.889. The molecule has 2 fully saturated rings. The summed E-state index contributed by atoms with van der Waals surface area (Å²) in [6, 6.07) is 0. The zero-order chi connectivity index (χ0) is 9.26. The standard InChI is InChI=1S/C9H16N2OS/c1-10-9(13)11-4-2-8-7(6-11)3-5-12-8/h7-8H,2-6H2,1H3,(H,10,13)/t7-,8+/m0/s1. The van der Waals surface area contributed by atoms with Crippen LogP contribution in [0.1, 0.15) is 12.8 Å². The summed E-state index contributed by atoms with van der Waals surface area (Å²) in [5.41, 5.74) is 0. The molecule has 1 N–H and O–H groups in total. The molecular weight excluding hydrogens is 184 g/mol. The molecule has 0 unspecified atom stereocenters. The molecule has 0 aromatic carbocycles. The molecule has 0 amide bonds. The lowest BCUT2D eigenvalue weighted by Crippen LogP contribution is -2.47. The number of hydrogen-bond donors (Lipinski definition) is 1. The molecule has 0 radical (unpaired) electrons. The van der Waals surface area contributed by atoms with Crippen LogP contribution in [0.4, 0.5) is 0 Å². The van der Waals surface area contributed by atoms with Gasteiger partial charge in [-0.05, 0) is 25.1 Å². The Labute approximate surface area is 84.4 Å². The molecule has 3 nitrogen and oxygen atoms in total.